The summed E-state index contributed by atoms with van der Waals surface area (Å²) >= 11 is 0. The molecule has 1 N–H and O–H groups in total. The number of aliphatic hydroxyl groups excluding tert-OH is 1. The summed E-state index contributed by atoms with van der Waals surface area (Å²) in [6, 6.07) is 0. The van der Waals surface area contributed by atoms with E-state index in [1.807, 2.05) is 0 Å². The third-order valence-corrected chi connectivity index (χ3v) is 4.60. The summed E-state index contributed by atoms with van der Waals surface area (Å²) in [5.41, 5.74) is 2.53. The number of hydrogen-bond donors (Lipinski definition) is 1. The van der Waals surface area contributed by atoms with Crippen LogP contribution in [-0.4, -0.2) is 11.2 Å². The SMILES string of the molecule is C=C1CC[C@H](C(C)C)[C@H]2C=C(C)[C@H](O)C[C@H]12. The average molecular weight is 220 g/mol. The first-order valence-electron chi connectivity index (χ1n) is 6.54. The van der Waals surface area contributed by atoms with Crippen molar-refractivity contribution in [3.05, 3.63) is 23.8 Å². The van der Waals surface area contributed by atoms with E-state index in [1.165, 1.54) is 17.6 Å². The molecule has 0 aromatic heterocycles. The Morgan fingerprint density at radius 2 is 2.12 bits per heavy atom. The van der Waals surface area contributed by atoms with Gasteiger partial charge in [0.25, 0.3) is 0 Å². The normalized spacial score (nSPS) is 39.6. The molecule has 0 amide bonds. The van der Waals surface area contributed by atoms with Crippen LogP contribution in [0.5, 0.6) is 0 Å². The highest BCUT2D eigenvalue weighted by Gasteiger charge is 2.39. The molecule has 1 heteroatoms. The summed E-state index contributed by atoms with van der Waals surface area (Å²) in [7, 11) is 0. The van der Waals surface area contributed by atoms with Crippen LogP contribution in [-0.2, 0) is 0 Å². The van der Waals surface area contributed by atoms with Gasteiger partial charge in [-0.05, 0) is 55.4 Å². The zero-order valence-corrected chi connectivity index (χ0v) is 10.7. The second-order valence-corrected chi connectivity index (χ2v) is 5.95. The van der Waals surface area contributed by atoms with E-state index in [4.69, 9.17) is 0 Å². The fourth-order valence-electron chi connectivity index (χ4n) is 3.48. The van der Waals surface area contributed by atoms with Crippen LogP contribution in [0.15, 0.2) is 23.8 Å². The van der Waals surface area contributed by atoms with E-state index in [0.29, 0.717) is 11.8 Å². The zero-order chi connectivity index (χ0) is 11.9. The van der Waals surface area contributed by atoms with Gasteiger partial charge in [0.15, 0.2) is 0 Å². The Morgan fingerprint density at radius 1 is 1.44 bits per heavy atom. The molecule has 90 valence electrons. The third-order valence-electron chi connectivity index (χ3n) is 4.60. The van der Waals surface area contributed by atoms with E-state index in [0.717, 1.165) is 24.7 Å². The van der Waals surface area contributed by atoms with Crippen molar-refractivity contribution >= 4 is 0 Å². The fraction of sp³-hybridized carbons (Fsp3) is 0.733. The van der Waals surface area contributed by atoms with Crippen LogP contribution in [0.2, 0.25) is 0 Å². The molecule has 0 saturated heterocycles. The van der Waals surface area contributed by atoms with Crippen molar-refractivity contribution in [1.82, 2.24) is 0 Å². The lowest BCUT2D eigenvalue weighted by molar-refractivity contribution is 0.110. The van der Waals surface area contributed by atoms with Gasteiger partial charge in [-0.1, -0.05) is 32.1 Å². The van der Waals surface area contributed by atoms with E-state index in [2.05, 4.69) is 33.4 Å². The Labute approximate surface area is 99.3 Å². The fourth-order valence-corrected chi connectivity index (χ4v) is 3.48. The molecule has 0 spiro atoms. The van der Waals surface area contributed by atoms with Gasteiger partial charge in [-0.15, -0.1) is 0 Å². The predicted octanol–water partition coefficient (Wildman–Crippen LogP) is 3.55. The van der Waals surface area contributed by atoms with Crippen LogP contribution in [0, 0.1) is 23.7 Å². The first-order valence-corrected chi connectivity index (χ1v) is 6.54. The summed E-state index contributed by atoms with van der Waals surface area (Å²) < 4.78 is 0. The molecule has 2 aliphatic carbocycles. The number of rotatable bonds is 1. The summed E-state index contributed by atoms with van der Waals surface area (Å²) in [6.45, 7) is 10.9. The van der Waals surface area contributed by atoms with Crippen LogP contribution in [0.1, 0.15) is 40.0 Å². The van der Waals surface area contributed by atoms with Gasteiger partial charge in [-0.2, -0.15) is 0 Å². The maximum absolute atomic E-state index is 9.95. The van der Waals surface area contributed by atoms with Crippen molar-refractivity contribution in [3.63, 3.8) is 0 Å². The van der Waals surface area contributed by atoms with Crippen molar-refractivity contribution < 1.29 is 5.11 Å². The highest BCUT2D eigenvalue weighted by molar-refractivity contribution is 5.22. The van der Waals surface area contributed by atoms with Crippen LogP contribution in [0.3, 0.4) is 0 Å². The predicted molar refractivity (Wildman–Crippen MR) is 68.1 cm³/mol. The van der Waals surface area contributed by atoms with Gasteiger partial charge >= 0.3 is 0 Å². The molecule has 0 aromatic carbocycles. The molecule has 2 rings (SSSR count). The second kappa shape index (κ2) is 4.37. The van der Waals surface area contributed by atoms with Crippen molar-refractivity contribution in [1.29, 1.82) is 0 Å². The first-order chi connectivity index (χ1) is 7.50. The largest absolute Gasteiger partial charge is 0.389 e. The number of aliphatic hydroxyl groups is 1. The summed E-state index contributed by atoms with van der Waals surface area (Å²) in [6.07, 6.45) is 5.42. The Bertz CT molecular complexity index is 313. The van der Waals surface area contributed by atoms with Crippen molar-refractivity contribution in [2.24, 2.45) is 23.7 Å². The van der Waals surface area contributed by atoms with Crippen molar-refractivity contribution in [2.45, 2.75) is 46.1 Å². The molecule has 1 nitrogen and oxygen atoms in total. The lowest BCUT2D eigenvalue weighted by Crippen LogP contribution is -2.37. The minimum absolute atomic E-state index is 0.232. The molecule has 2 aliphatic rings. The molecule has 1 saturated carbocycles. The molecular formula is C15H24O. The maximum atomic E-state index is 9.95. The molecule has 0 unspecified atom stereocenters. The number of allylic oxidation sites excluding steroid dienone is 2. The van der Waals surface area contributed by atoms with Gasteiger partial charge in [-0.25, -0.2) is 0 Å². The topological polar surface area (TPSA) is 20.2 Å². The molecule has 1 fully saturated rings. The third kappa shape index (κ3) is 1.98. The molecule has 4 atom stereocenters. The average Bonchev–Trinajstić information content (AvgIpc) is 2.21. The van der Waals surface area contributed by atoms with Crippen LogP contribution >= 0.6 is 0 Å². The van der Waals surface area contributed by atoms with E-state index in [9.17, 15) is 5.11 Å². The van der Waals surface area contributed by atoms with Gasteiger partial charge in [-0.3, -0.25) is 0 Å². The van der Waals surface area contributed by atoms with Crippen LogP contribution in [0.4, 0.5) is 0 Å². The summed E-state index contributed by atoms with van der Waals surface area (Å²) in [5.74, 6) is 2.67. The van der Waals surface area contributed by atoms with Gasteiger partial charge in [0, 0.05) is 0 Å². The van der Waals surface area contributed by atoms with Gasteiger partial charge in [0.2, 0.25) is 0 Å². The molecule has 0 heterocycles. The van der Waals surface area contributed by atoms with E-state index >= 15 is 0 Å². The second-order valence-electron chi connectivity index (χ2n) is 5.95. The standard InChI is InChI=1S/C15H24O/c1-9(2)12-6-5-10(3)13-8-15(16)11(4)7-14(12)13/h7,9,12-16H,3,5-6,8H2,1-2,4H3/t12-,13-,14-,15-/m1/s1. The maximum Gasteiger partial charge on any atom is 0.0753 e. The molecular weight excluding hydrogens is 196 g/mol. The first kappa shape index (κ1) is 11.9. The minimum atomic E-state index is -0.232. The van der Waals surface area contributed by atoms with Crippen LogP contribution in [0.25, 0.3) is 0 Å². The Kier molecular flexibility index (Phi) is 3.25. The monoisotopic (exact) mass is 220 g/mol. The number of fused-ring (bicyclic) bond motifs is 1. The van der Waals surface area contributed by atoms with E-state index in [1.54, 1.807) is 0 Å². The minimum Gasteiger partial charge on any atom is -0.389 e. The van der Waals surface area contributed by atoms with E-state index in [-0.39, 0.29) is 6.10 Å². The molecule has 0 aliphatic heterocycles. The highest BCUT2D eigenvalue weighted by atomic mass is 16.3. The smallest absolute Gasteiger partial charge is 0.0753 e. The highest BCUT2D eigenvalue weighted by Crippen LogP contribution is 2.47. The zero-order valence-electron chi connectivity index (χ0n) is 10.7. The van der Waals surface area contributed by atoms with Crippen molar-refractivity contribution in [2.75, 3.05) is 0 Å². The molecule has 0 bridgehead atoms. The Morgan fingerprint density at radius 3 is 2.75 bits per heavy atom. The molecule has 0 aromatic rings. The van der Waals surface area contributed by atoms with E-state index < -0.39 is 0 Å². The Hall–Kier alpha value is -0.560. The van der Waals surface area contributed by atoms with Gasteiger partial charge in [0.05, 0.1) is 6.10 Å². The summed E-state index contributed by atoms with van der Waals surface area (Å²) in [4.78, 5) is 0. The quantitative estimate of drug-likeness (QED) is 0.670. The van der Waals surface area contributed by atoms with Crippen molar-refractivity contribution in [3.8, 4) is 0 Å². The lowest BCUT2D eigenvalue weighted by Gasteiger charge is -2.44. The molecule has 0 radical (unpaired) electrons. The van der Waals surface area contributed by atoms with Gasteiger partial charge in [0.1, 0.15) is 0 Å². The summed E-state index contributed by atoms with van der Waals surface area (Å²) in [5, 5.41) is 9.95. The number of hydrogen-bond acceptors (Lipinski definition) is 1. The van der Waals surface area contributed by atoms with Crippen LogP contribution < -0.4 is 0 Å². The lowest BCUT2D eigenvalue weighted by atomic mass is 9.62. The molecule has 16 heavy (non-hydrogen) atoms. The Balaban J connectivity index is 2.28. The van der Waals surface area contributed by atoms with Gasteiger partial charge < -0.3 is 5.11 Å².